The lowest BCUT2D eigenvalue weighted by molar-refractivity contribution is -0.141. The van der Waals surface area contributed by atoms with Crippen molar-refractivity contribution in [3.8, 4) is 11.5 Å². The van der Waals surface area contributed by atoms with Crippen LogP contribution in [0.3, 0.4) is 0 Å². The van der Waals surface area contributed by atoms with E-state index in [-0.39, 0.29) is 40.1 Å². The van der Waals surface area contributed by atoms with Gasteiger partial charge in [-0.15, -0.1) is 0 Å². The summed E-state index contributed by atoms with van der Waals surface area (Å²) in [6, 6.07) is 6.31. The molecule has 0 aliphatic heterocycles. The van der Waals surface area contributed by atoms with Crippen LogP contribution < -0.4 is 0 Å². The van der Waals surface area contributed by atoms with Crippen LogP contribution in [0.4, 0.5) is 13.2 Å². The van der Waals surface area contributed by atoms with Crippen LogP contribution in [0.15, 0.2) is 41.6 Å². The molecule has 12 heteroatoms. The van der Waals surface area contributed by atoms with Crippen molar-refractivity contribution in [3.05, 3.63) is 53.7 Å². The number of nitrogens with zero attached hydrogens (tertiary/aromatic N) is 6. The molecule has 0 radical (unpaired) electrons. The number of fused-ring (bicyclic) bond motifs is 1. The Morgan fingerprint density at radius 1 is 1.18 bits per heavy atom. The molecule has 1 aliphatic rings. The molecule has 5 rings (SSSR count). The lowest BCUT2D eigenvalue weighted by Crippen LogP contribution is -2.11. The van der Waals surface area contributed by atoms with Crippen LogP contribution in [0.5, 0.6) is 0 Å². The van der Waals surface area contributed by atoms with E-state index >= 15 is 0 Å². The Kier molecular flexibility index (Phi) is 5.23. The summed E-state index contributed by atoms with van der Waals surface area (Å²) in [6.07, 6.45) is -0.208. The minimum atomic E-state index is -4.62. The van der Waals surface area contributed by atoms with Crippen LogP contribution in [0, 0.1) is 0 Å². The maximum Gasteiger partial charge on any atom is 0.433 e. The number of alkyl halides is 3. The minimum Gasteiger partial charge on any atom is -0.324 e. The molecule has 0 atom stereocenters. The molecule has 1 aliphatic carbocycles. The fourth-order valence-electron chi connectivity index (χ4n) is 4.03. The van der Waals surface area contributed by atoms with E-state index in [0.717, 1.165) is 25.1 Å². The summed E-state index contributed by atoms with van der Waals surface area (Å²) < 4.78 is 69.2. The molecule has 0 spiro atoms. The zero-order valence-corrected chi connectivity index (χ0v) is 19.2. The van der Waals surface area contributed by atoms with Gasteiger partial charge in [0.05, 0.1) is 40.9 Å². The summed E-state index contributed by atoms with van der Waals surface area (Å²) >= 11 is 0. The number of rotatable bonds is 6. The Morgan fingerprint density at radius 3 is 2.56 bits per heavy atom. The summed E-state index contributed by atoms with van der Waals surface area (Å²) in [6.45, 7) is 1.82. The fraction of sp³-hybridized carbons (Fsp3) is 0.364. The van der Waals surface area contributed by atoms with Crippen LogP contribution in [-0.2, 0) is 29.6 Å². The van der Waals surface area contributed by atoms with Gasteiger partial charge in [-0.3, -0.25) is 9.67 Å². The van der Waals surface area contributed by atoms with Gasteiger partial charge in [0.15, 0.2) is 15.7 Å². The first-order valence-electron chi connectivity index (χ1n) is 10.7. The topological polar surface area (TPSA) is 95.6 Å². The summed E-state index contributed by atoms with van der Waals surface area (Å²) in [7, 11) is -2.11. The lowest BCUT2D eigenvalue weighted by atomic mass is 10.2. The van der Waals surface area contributed by atoms with E-state index in [0.29, 0.717) is 16.9 Å². The number of pyridine rings is 2. The quantitative estimate of drug-likeness (QED) is 0.406. The SMILES string of the molecule is CCS(=O)(=O)c1c(-c2nc3cc(C(F)(F)F)ncc3n2C)nn(Cc2ccccn2)c1C1CC1. The van der Waals surface area contributed by atoms with Gasteiger partial charge in [-0.05, 0) is 31.0 Å². The van der Waals surface area contributed by atoms with E-state index in [9.17, 15) is 21.6 Å². The van der Waals surface area contributed by atoms with Crippen molar-refractivity contribution in [3.63, 3.8) is 0 Å². The van der Waals surface area contributed by atoms with Gasteiger partial charge in [0, 0.05) is 19.2 Å². The molecule has 0 amide bonds. The fourth-order valence-corrected chi connectivity index (χ4v) is 5.34. The second-order valence-electron chi connectivity index (χ2n) is 8.27. The van der Waals surface area contributed by atoms with Gasteiger partial charge in [0.2, 0.25) is 0 Å². The highest BCUT2D eigenvalue weighted by molar-refractivity contribution is 7.91. The first-order valence-corrected chi connectivity index (χ1v) is 12.4. The zero-order chi connectivity index (χ0) is 24.3. The van der Waals surface area contributed by atoms with Gasteiger partial charge < -0.3 is 4.57 Å². The molecule has 0 N–H and O–H groups in total. The molecule has 0 saturated heterocycles. The Morgan fingerprint density at radius 2 is 1.94 bits per heavy atom. The lowest BCUT2D eigenvalue weighted by Gasteiger charge is -2.09. The first-order chi connectivity index (χ1) is 16.1. The average Bonchev–Trinajstić information content (AvgIpc) is 3.49. The van der Waals surface area contributed by atoms with Crippen LogP contribution in [-0.4, -0.2) is 43.5 Å². The number of imidazole rings is 1. The molecule has 34 heavy (non-hydrogen) atoms. The number of aryl methyl sites for hydroxylation is 1. The van der Waals surface area contributed by atoms with E-state index in [1.54, 1.807) is 30.9 Å². The molecular weight excluding hydrogens is 469 g/mol. The van der Waals surface area contributed by atoms with E-state index in [4.69, 9.17) is 0 Å². The molecule has 178 valence electrons. The molecule has 0 unspecified atom stereocenters. The molecular formula is C22H21F3N6O2S. The minimum absolute atomic E-state index is 0.0365. The van der Waals surface area contributed by atoms with E-state index < -0.39 is 21.7 Å². The summed E-state index contributed by atoms with van der Waals surface area (Å²) in [5.74, 6) is 0.0675. The van der Waals surface area contributed by atoms with Crippen molar-refractivity contribution >= 4 is 20.9 Å². The monoisotopic (exact) mass is 490 g/mol. The van der Waals surface area contributed by atoms with Crippen molar-refractivity contribution in [1.29, 1.82) is 0 Å². The zero-order valence-electron chi connectivity index (χ0n) is 18.4. The molecule has 8 nitrogen and oxygen atoms in total. The van der Waals surface area contributed by atoms with Crippen molar-refractivity contribution in [2.75, 3.05) is 5.75 Å². The number of hydrogen-bond donors (Lipinski definition) is 0. The molecule has 1 fully saturated rings. The molecule has 0 aromatic carbocycles. The van der Waals surface area contributed by atoms with E-state index in [1.807, 2.05) is 12.1 Å². The van der Waals surface area contributed by atoms with Crippen molar-refractivity contribution in [2.24, 2.45) is 7.05 Å². The second kappa shape index (κ2) is 7.90. The Hall–Kier alpha value is -3.28. The standard InChI is InChI=1S/C22H21F3N6O2S/c1-3-34(32,33)20-18(21-28-15-10-17(22(23,24)25)27-11-16(15)30(21)2)29-31(19(20)13-7-8-13)12-14-6-4-5-9-26-14/h4-6,9-11,13H,3,7-8,12H2,1-2H3. The third-order valence-corrected chi connectivity index (χ3v) is 7.69. The third-order valence-electron chi connectivity index (χ3n) is 5.91. The summed E-state index contributed by atoms with van der Waals surface area (Å²) in [4.78, 5) is 12.3. The molecule has 4 heterocycles. The van der Waals surface area contributed by atoms with Crippen LogP contribution >= 0.6 is 0 Å². The number of hydrogen-bond acceptors (Lipinski definition) is 6. The van der Waals surface area contributed by atoms with Gasteiger partial charge in [-0.25, -0.2) is 18.4 Å². The van der Waals surface area contributed by atoms with Crippen molar-refractivity contribution < 1.29 is 21.6 Å². The Bertz CT molecular complexity index is 1490. The van der Waals surface area contributed by atoms with Crippen LogP contribution in [0.2, 0.25) is 0 Å². The number of sulfone groups is 1. The van der Waals surface area contributed by atoms with Gasteiger partial charge in [0.1, 0.15) is 16.3 Å². The summed E-state index contributed by atoms with van der Waals surface area (Å²) in [5.41, 5.74) is 0.783. The average molecular weight is 491 g/mol. The Labute approximate surface area is 193 Å². The highest BCUT2D eigenvalue weighted by Gasteiger charge is 2.39. The number of aromatic nitrogens is 6. The maximum atomic E-state index is 13.3. The Balaban J connectivity index is 1.75. The van der Waals surface area contributed by atoms with Crippen molar-refractivity contribution in [1.82, 2.24) is 29.3 Å². The number of halogens is 3. The van der Waals surface area contributed by atoms with Gasteiger partial charge >= 0.3 is 6.18 Å². The van der Waals surface area contributed by atoms with E-state index in [1.165, 1.54) is 4.57 Å². The third kappa shape index (κ3) is 3.85. The smallest absolute Gasteiger partial charge is 0.324 e. The molecule has 4 aromatic heterocycles. The van der Waals surface area contributed by atoms with Crippen LogP contribution in [0.25, 0.3) is 22.6 Å². The van der Waals surface area contributed by atoms with Crippen LogP contribution in [0.1, 0.15) is 42.8 Å². The maximum absolute atomic E-state index is 13.3. The van der Waals surface area contributed by atoms with Gasteiger partial charge in [-0.2, -0.15) is 18.3 Å². The second-order valence-corrected chi connectivity index (χ2v) is 10.5. The molecule has 1 saturated carbocycles. The first kappa shape index (κ1) is 22.5. The highest BCUT2D eigenvalue weighted by atomic mass is 32.2. The highest BCUT2D eigenvalue weighted by Crippen LogP contribution is 2.46. The van der Waals surface area contributed by atoms with Gasteiger partial charge in [0.25, 0.3) is 0 Å². The predicted molar refractivity (Wildman–Crippen MR) is 118 cm³/mol. The molecule has 4 aromatic rings. The largest absolute Gasteiger partial charge is 0.433 e. The van der Waals surface area contributed by atoms with Crippen molar-refractivity contribution in [2.45, 2.75) is 43.3 Å². The van der Waals surface area contributed by atoms with E-state index in [2.05, 4.69) is 20.1 Å². The molecule has 0 bridgehead atoms. The summed E-state index contributed by atoms with van der Waals surface area (Å²) in [5, 5.41) is 4.65. The van der Waals surface area contributed by atoms with Gasteiger partial charge in [-0.1, -0.05) is 13.0 Å². The normalized spacial score (nSPS) is 14.7. The predicted octanol–water partition coefficient (Wildman–Crippen LogP) is 3.96.